The summed E-state index contributed by atoms with van der Waals surface area (Å²) in [6.07, 6.45) is 7.07. The van der Waals surface area contributed by atoms with Gasteiger partial charge in [-0.3, -0.25) is 5.32 Å². The van der Waals surface area contributed by atoms with E-state index in [4.69, 9.17) is 10.3 Å². The molecule has 0 spiro atoms. The third-order valence-electron chi connectivity index (χ3n) is 2.00. The summed E-state index contributed by atoms with van der Waals surface area (Å²) >= 11 is 0. The molecule has 0 aromatic carbocycles. The molecule has 4 N–H and O–H groups in total. The molecule has 0 amide bonds. The quantitative estimate of drug-likeness (QED) is 0.234. The van der Waals surface area contributed by atoms with E-state index < -0.39 is 0 Å². The number of hydrogen-bond donors (Lipinski definition) is 4. The van der Waals surface area contributed by atoms with Gasteiger partial charge in [-0.25, -0.2) is 5.48 Å². The molecule has 0 aliphatic rings. The van der Waals surface area contributed by atoms with E-state index in [-0.39, 0.29) is 6.73 Å². The van der Waals surface area contributed by atoms with Gasteiger partial charge in [0.2, 0.25) is 0 Å². The minimum Gasteiger partial charge on any atom is -0.381 e. The molecule has 0 radical (unpaired) electrons. The lowest BCUT2D eigenvalue weighted by Gasteiger charge is -2.01. The Balaban J connectivity index is 2.76. The molecule has 0 atom stereocenters. The van der Waals surface area contributed by atoms with Crippen LogP contribution in [0.25, 0.3) is 0 Å². The van der Waals surface area contributed by atoms with Gasteiger partial charge in [0, 0.05) is 6.54 Å². The molecule has 0 saturated heterocycles. The van der Waals surface area contributed by atoms with Gasteiger partial charge in [-0.2, -0.15) is 0 Å². The third-order valence-corrected chi connectivity index (χ3v) is 2.00. The molecular formula is C9H22N2O2. The minimum absolute atomic E-state index is 0.0855. The van der Waals surface area contributed by atoms with E-state index in [1.54, 1.807) is 0 Å². The lowest BCUT2D eigenvalue weighted by atomic mass is 10.1. The highest BCUT2D eigenvalue weighted by molar-refractivity contribution is 4.47. The topological polar surface area (TPSA) is 64.5 Å². The van der Waals surface area contributed by atoms with Crippen molar-refractivity contribution in [1.82, 2.24) is 10.8 Å². The summed E-state index contributed by atoms with van der Waals surface area (Å²) in [5.74, 6) is 0. The zero-order valence-corrected chi connectivity index (χ0v) is 8.26. The van der Waals surface area contributed by atoms with E-state index in [9.17, 15) is 0 Å². The van der Waals surface area contributed by atoms with Crippen molar-refractivity contribution in [2.45, 2.75) is 38.5 Å². The van der Waals surface area contributed by atoms with Gasteiger partial charge in [0.15, 0.2) is 0 Å². The molecule has 0 rings (SSSR count). The van der Waals surface area contributed by atoms with Gasteiger partial charge in [-0.15, -0.1) is 0 Å². The lowest BCUT2D eigenvalue weighted by molar-refractivity contribution is 0.164. The third kappa shape index (κ3) is 11.8. The van der Waals surface area contributed by atoms with Gasteiger partial charge in [0.05, 0.1) is 6.73 Å². The van der Waals surface area contributed by atoms with Crippen molar-refractivity contribution in [3.63, 3.8) is 0 Å². The van der Waals surface area contributed by atoms with Gasteiger partial charge in [0.1, 0.15) is 0 Å². The Hall–Kier alpha value is -0.160. The molecule has 0 aliphatic heterocycles. The van der Waals surface area contributed by atoms with Crippen LogP contribution in [0.5, 0.6) is 0 Å². The van der Waals surface area contributed by atoms with E-state index in [1.165, 1.54) is 25.7 Å². The molecule has 4 nitrogen and oxygen atoms in total. The number of nitrogens with one attached hydrogen (secondary N) is 2. The summed E-state index contributed by atoms with van der Waals surface area (Å²) in [6, 6.07) is 0. The van der Waals surface area contributed by atoms with Gasteiger partial charge < -0.3 is 10.3 Å². The Morgan fingerprint density at radius 1 is 0.769 bits per heavy atom. The zero-order chi connectivity index (χ0) is 9.78. The molecule has 0 saturated carbocycles. The van der Waals surface area contributed by atoms with Crippen molar-refractivity contribution in [1.29, 1.82) is 0 Å². The highest BCUT2D eigenvalue weighted by Crippen LogP contribution is 2.03. The van der Waals surface area contributed by atoms with Crippen LogP contribution in [0.2, 0.25) is 0 Å². The number of hydroxylamine groups is 1. The monoisotopic (exact) mass is 190 g/mol. The fourth-order valence-electron chi connectivity index (χ4n) is 1.24. The van der Waals surface area contributed by atoms with Gasteiger partial charge >= 0.3 is 0 Å². The maximum absolute atomic E-state index is 8.42. The zero-order valence-electron chi connectivity index (χ0n) is 8.26. The van der Waals surface area contributed by atoms with Gasteiger partial charge in [-0.1, -0.05) is 25.7 Å². The lowest BCUT2D eigenvalue weighted by Crippen LogP contribution is -2.15. The first-order valence-corrected chi connectivity index (χ1v) is 5.10. The van der Waals surface area contributed by atoms with Crippen LogP contribution >= 0.6 is 0 Å². The second-order valence-electron chi connectivity index (χ2n) is 3.19. The fraction of sp³-hybridized carbons (Fsp3) is 1.00. The first-order valence-electron chi connectivity index (χ1n) is 5.10. The van der Waals surface area contributed by atoms with Crippen molar-refractivity contribution in [2.75, 3.05) is 19.8 Å². The number of aliphatic hydroxyl groups is 1. The van der Waals surface area contributed by atoms with Crippen LogP contribution in [-0.2, 0) is 0 Å². The molecule has 0 aromatic heterocycles. The highest BCUT2D eigenvalue weighted by Gasteiger charge is 1.90. The Labute approximate surface area is 80.3 Å². The summed E-state index contributed by atoms with van der Waals surface area (Å²) < 4.78 is 0. The number of aliphatic hydroxyl groups excluding tert-OH is 1. The molecule has 0 unspecified atom stereocenters. The molecule has 0 aliphatic carbocycles. The van der Waals surface area contributed by atoms with Crippen molar-refractivity contribution in [3.8, 4) is 0 Å². The molecule has 0 aromatic rings. The van der Waals surface area contributed by atoms with Crippen LogP contribution < -0.4 is 10.8 Å². The summed E-state index contributed by atoms with van der Waals surface area (Å²) in [5, 5.41) is 19.6. The van der Waals surface area contributed by atoms with Gasteiger partial charge in [-0.05, 0) is 19.4 Å². The standard InChI is InChI=1S/C9H22N2O2/c12-9-10-7-5-3-1-2-4-6-8-11-13/h10-13H,1-9H2. The van der Waals surface area contributed by atoms with Crippen molar-refractivity contribution in [3.05, 3.63) is 0 Å². The fourth-order valence-corrected chi connectivity index (χ4v) is 1.24. The molecule has 0 heterocycles. The van der Waals surface area contributed by atoms with E-state index in [2.05, 4.69) is 10.8 Å². The molecule has 4 heteroatoms. The summed E-state index contributed by atoms with van der Waals surface area (Å²) in [4.78, 5) is 0. The second-order valence-corrected chi connectivity index (χ2v) is 3.19. The van der Waals surface area contributed by atoms with E-state index in [1.807, 2.05) is 0 Å². The van der Waals surface area contributed by atoms with Crippen LogP contribution in [-0.4, -0.2) is 30.1 Å². The van der Waals surface area contributed by atoms with Crippen LogP contribution in [0.1, 0.15) is 38.5 Å². The van der Waals surface area contributed by atoms with Crippen molar-refractivity contribution >= 4 is 0 Å². The van der Waals surface area contributed by atoms with Gasteiger partial charge in [0.25, 0.3) is 0 Å². The first kappa shape index (κ1) is 12.8. The van der Waals surface area contributed by atoms with Crippen molar-refractivity contribution in [2.24, 2.45) is 0 Å². The molecule has 0 fully saturated rings. The Kier molecular flexibility index (Phi) is 11.7. The molecule has 80 valence electrons. The second kappa shape index (κ2) is 11.8. The Morgan fingerprint density at radius 2 is 1.31 bits per heavy atom. The number of unbranched alkanes of at least 4 members (excludes halogenated alkanes) is 5. The van der Waals surface area contributed by atoms with Crippen LogP contribution in [0.3, 0.4) is 0 Å². The summed E-state index contributed by atoms with van der Waals surface area (Å²) in [5.41, 5.74) is 2.15. The Morgan fingerprint density at radius 3 is 1.85 bits per heavy atom. The average molecular weight is 190 g/mol. The van der Waals surface area contributed by atoms with E-state index >= 15 is 0 Å². The summed E-state index contributed by atoms with van der Waals surface area (Å²) in [6.45, 7) is 1.70. The largest absolute Gasteiger partial charge is 0.381 e. The predicted molar refractivity (Wildman–Crippen MR) is 52.6 cm³/mol. The molecule has 13 heavy (non-hydrogen) atoms. The van der Waals surface area contributed by atoms with E-state index in [0.29, 0.717) is 6.54 Å². The summed E-state index contributed by atoms with van der Waals surface area (Å²) in [7, 11) is 0. The predicted octanol–water partition coefficient (Wildman–Crippen LogP) is 0.845. The molecule has 0 bridgehead atoms. The van der Waals surface area contributed by atoms with Crippen LogP contribution in [0, 0.1) is 0 Å². The smallest absolute Gasteiger partial charge is 0.0931 e. The first-order chi connectivity index (χ1) is 6.41. The van der Waals surface area contributed by atoms with Crippen LogP contribution in [0.4, 0.5) is 0 Å². The SMILES string of the molecule is OCNCCCCCCCCNO. The van der Waals surface area contributed by atoms with E-state index in [0.717, 1.165) is 19.4 Å². The Bertz CT molecular complexity index is 81.7. The number of hydrogen-bond acceptors (Lipinski definition) is 4. The highest BCUT2D eigenvalue weighted by atomic mass is 16.5. The molecular weight excluding hydrogens is 168 g/mol. The van der Waals surface area contributed by atoms with Crippen molar-refractivity contribution < 1.29 is 10.3 Å². The maximum atomic E-state index is 8.42. The maximum Gasteiger partial charge on any atom is 0.0931 e. The average Bonchev–Trinajstić information content (AvgIpc) is 2.16. The van der Waals surface area contributed by atoms with Crippen LogP contribution in [0.15, 0.2) is 0 Å². The minimum atomic E-state index is 0.0855. The number of rotatable bonds is 10. The normalized spacial score (nSPS) is 10.6.